The van der Waals surface area contributed by atoms with Gasteiger partial charge in [0.05, 0.1) is 12.4 Å². The van der Waals surface area contributed by atoms with Crippen LogP contribution in [0.25, 0.3) is 0 Å². The molecule has 0 aromatic heterocycles. The van der Waals surface area contributed by atoms with E-state index in [0.29, 0.717) is 13.2 Å². The monoisotopic (exact) mass is 498 g/mol. The number of nitrogens with zero attached hydrogens (tertiary/aromatic N) is 2. The van der Waals surface area contributed by atoms with Gasteiger partial charge in [0.1, 0.15) is 24.7 Å². The molecule has 2 aromatic rings. The third-order valence-corrected chi connectivity index (χ3v) is 4.74. The van der Waals surface area contributed by atoms with Crippen LogP contribution in [-0.4, -0.2) is 35.9 Å². The van der Waals surface area contributed by atoms with Crippen molar-refractivity contribution in [2.45, 2.75) is 27.7 Å². The summed E-state index contributed by atoms with van der Waals surface area (Å²) < 4.78 is 11.9. The lowest BCUT2D eigenvalue weighted by Crippen LogP contribution is -2.24. The Morgan fingerprint density at radius 2 is 1.06 bits per heavy atom. The van der Waals surface area contributed by atoms with Crippen LogP contribution in [0.15, 0.2) is 46.6 Å². The van der Waals surface area contributed by atoms with Crippen molar-refractivity contribution in [3.8, 4) is 11.5 Å². The number of hydrogen-bond acceptors (Lipinski definition) is 6. The van der Waals surface area contributed by atoms with E-state index in [-0.39, 0.29) is 10.2 Å². The van der Waals surface area contributed by atoms with Crippen molar-refractivity contribution >= 4 is 47.1 Å². The predicted molar refractivity (Wildman–Crippen MR) is 147 cm³/mol. The van der Waals surface area contributed by atoms with Crippen molar-refractivity contribution in [2.75, 3.05) is 13.2 Å². The first-order valence-electron chi connectivity index (χ1n) is 10.5. The molecule has 10 heteroatoms. The van der Waals surface area contributed by atoms with E-state index < -0.39 is 0 Å². The van der Waals surface area contributed by atoms with Crippen LogP contribution >= 0.6 is 24.4 Å². The minimum atomic E-state index is 0.124. The van der Waals surface area contributed by atoms with Gasteiger partial charge in [-0.1, -0.05) is 0 Å². The minimum Gasteiger partial charge on any atom is -0.489 e. The number of ether oxygens (including phenoxy) is 2. The second-order valence-corrected chi connectivity index (χ2v) is 8.41. The molecule has 0 bridgehead atoms. The highest BCUT2D eigenvalue weighted by molar-refractivity contribution is 7.80. The number of thiocarbonyl (C=S) groups is 2. The Balaban J connectivity index is 1.89. The molecule has 2 rings (SSSR count). The fraction of sp³-hybridized carbons (Fsp3) is 0.250. The first-order valence-corrected chi connectivity index (χ1v) is 11.3. The number of hydrogen-bond donors (Lipinski definition) is 4. The van der Waals surface area contributed by atoms with Crippen LogP contribution in [-0.2, 0) is 0 Å². The summed E-state index contributed by atoms with van der Waals surface area (Å²) in [7, 11) is 0. The van der Waals surface area contributed by atoms with E-state index in [1.54, 1.807) is 12.4 Å². The number of hydrazone groups is 2. The number of nitrogens with two attached hydrogens (primary N) is 2. The molecular weight excluding hydrogens is 468 g/mol. The predicted octanol–water partition coefficient (Wildman–Crippen LogP) is 3.27. The van der Waals surface area contributed by atoms with Crippen molar-refractivity contribution < 1.29 is 9.47 Å². The molecule has 0 heterocycles. The summed E-state index contributed by atoms with van der Waals surface area (Å²) in [5.41, 5.74) is 21.7. The van der Waals surface area contributed by atoms with Crippen LogP contribution < -0.4 is 31.8 Å². The van der Waals surface area contributed by atoms with Gasteiger partial charge in [0.25, 0.3) is 0 Å². The Bertz CT molecular complexity index is 995. The molecule has 8 nitrogen and oxygen atoms in total. The zero-order valence-corrected chi connectivity index (χ0v) is 21.3. The summed E-state index contributed by atoms with van der Waals surface area (Å²) in [5.74, 6) is 1.69. The quantitative estimate of drug-likeness (QED) is 0.171. The first kappa shape index (κ1) is 26.7. The van der Waals surface area contributed by atoms with E-state index in [4.69, 9.17) is 45.4 Å². The van der Waals surface area contributed by atoms with E-state index >= 15 is 0 Å². The van der Waals surface area contributed by atoms with Crippen LogP contribution in [0, 0.1) is 27.7 Å². The normalized spacial score (nSPS) is 11.3. The van der Waals surface area contributed by atoms with Gasteiger partial charge in [0.2, 0.25) is 0 Å². The number of rotatable bonds is 10. The topological polar surface area (TPSA) is 119 Å². The maximum absolute atomic E-state index is 5.95. The summed E-state index contributed by atoms with van der Waals surface area (Å²) >= 11 is 9.46. The third-order valence-electron chi connectivity index (χ3n) is 4.56. The lowest BCUT2D eigenvalue weighted by Gasteiger charge is -2.12. The summed E-state index contributed by atoms with van der Waals surface area (Å²) in [6, 6.07) is 7.95. The molecule has 2 aromatic carbocycles. The smallest absolute Gasteiger partial charge is 0.184 e. The number of aryl methyl sites for hydroxylation is 4. The van der Waals surface area contributed by atoms with Gasteiger partial charge in [-0.25, -0.2) is 0 Å². The Hall–Kier alpha value is -3.50. The first-order chi connectivity index (χ1) is 16.2. The van der Waals surface area contributed by atoms with Crippen LogP contribution in [0.2, 0.25) is 0 Å². The second-order valence-electron chi connectivity index (χ2n) is 7.53. The minimum absolute atomic E-state index is 0.124. The van der Waals surface area contributed by atoms with Crippen molar-refractivity contribution in [3.05, 3.63) is 69.8 Å². The molecule has 0 saturated heterocycles. The standard InChI is InChI=1S/C24H30N6O2S2/c1-15-9-19(13-27-29-23(25)33)10-16(2)21(15)31-7-5-6-8-32-22-17(3)11-20(12-18(22)4)14-28-30-24(26)34/h5-6,9-14H,7-8H2,1-4H3,(H3,25,29,33)(H3,26,30,34)/b6-5+,27-13+,28-14+. The van der Waals surface area contributed by atoms with Crippen LogP contribution in [0.3, 0.4) is 0 Å². The van der Waals surface area contributed by atoms with Gasteiger partial charge in [0, 0.05) is 0 Å². The largest absolute Gasteiger partial charge is 0.489 e. The molecule has 6 N–H and O–H groups in total. The summed E-state index contributed by atoms with van der Waals surface area (Å²) in [6.07, 6.45) is 7.20. The Morgan fingerprint density at radius 3 is 1.35 bits per heavy atom. The van der Waals surface area contributed by atoms with E-state index in [2.05, 4.69) is 21.1 Å². The van der Waals surface area contributed by atoms with Crippen molar-refractivity contribution in [3.63, 3.8) is 0 Å². The Morgan fingerprint density at radius 1 is 0.735 bits per heavy atom. The van der Waals surface area contributed by atoms with Gasteiger partial charge >= 0.3 is 0 Å². The highest BCUT2D eigenvalue weighted by atomic mass is 32.1. The van der Waals surface area contributed by atoms with Crippen molar-refractivity contribution in [2.24, 2.45) is 21.7 Å². The van der Waals surface area contributed by atoms with Gasteiger partial charge in [-0.2, -0.15) is 10.2 Å². The van der Waals surface area contributed by atoms with Crippen LogP contribution in [0.4, 0.5) is 0 Å². The van der Waals surface area contributed by atoms with Gasteiger partial charge in [-0.05, 0) is 122 Å². The zero-order valence-electron chi connectivity index (χ0n) is 19.7. The highest BCUT2D eigenvalue weighted by Crippen LogP contribution is 2.25. The molecule has 0 spiro atoms. The van der Waals surface area contributed by atoms with E-state index in [1.165, 1.54) is 0 Å². The molecule has 34 heavy (non-hydrogen) atoms. The molecule has 0 radical (unpaired) electrons. The number of nitrogens with one attached hydrogen (secondary N) is 2. The SMILES string of the molecule is Cc1cc(/C=N/NC(N)=S)cc(C)c1OC/C=C/COc1c(C)cc(/C=N/NC(N)=S)cc1C. The lowest BCUT2D eigenvalue weighted by molar-refractivity contribution is 0.345. The fourth-order valence-electron chi connectivity index (χ4n) is 3.31. The molecule has 0 atom stereocenters. The molecule has 180 valence electrons. The fourth-order valence-corrected chi connectivity index (χ4v) is 3.42. The molecule has 0 aliphatic carbocycles. The van der Waals surface area contributed by atoms with Gasteiger partial charge < -0.3 is 20.9 Å². The Labute approximate surface area is 211 Å². The second kappa shape index (κ2) is 13.3. The molecular formula is C24H30N6O2S2. The molecule has 0 fully saturated rings. The van der Waals surface area contributed by atoms with Crippen molar-refractivity contribution in [1.29, 1.82) is 0 Å². The van der Waals surface area contributed by atoms with Crippen LogP contribution in [0.5, 0.6) is 11.5 Å². The summed E-state index contributed by atoms with van der Waals surface area (Å²) in [4.78, 5) is 0. The third kappa shape index (κ3) is 8.80. The molecule has 0 aliphatic heterocycles. The lowest BCUT2D eigenvalue weighted by atomic mass is 10.1. The van der Waals surface area contributed by atoms with E-state index in [0.717, 1.165) is 44.9 Å². The van der Waals surface area contributed by atoms with Gasteiger partial charge in [0.15, 0.2) is 10.2 Å². The maximum Gasteiger partial charge on any atom is 0.184 e. The van der Waals surface area contributed by atoms with Crippen molar-refractivity contribution in [1.82, 2.24) is 10.9 Å². The van der Waals surface area contributed by atoms with E-state index in [9.17, 15) is 0 Å². The van der Waals surface area contributed by atoms with Crippen LogP contribution in [0.1, 0.15) is 33.4 Å². The molecule has 0 unspecified atom stereocenters. The van der Waals surface area contributed by atoms with E-state index in [1.807, 2.05) is 64.1 Å². The average Bonchev–Trinajstić information content (AvgIpc) is 2.73. The maximum atomic E-state index is 5.95. The average molecular weight is 499 g/mol. The highest BCUT2D eigenvalue weighted by Gasteiger charge is 2.06. The van der Waals surface area contributed by atoms with Gasteiger partial charge in [-0.15, -0.1) is 0 Å². The molecule has 0 saturated carbocycles. The molecule has 0 amide bonds. The zero-order chi connectivity index (χ0) is 25.1. The summed E-state index contributed by atoms with van der Waals surface area (Å²) in [6.45, 7) is 8.85. The summed E-state index contributed by atoms with van der Waals surface area (Å²) in [5, 5.41) is 8.22. The molecule has 0 aliphatic rings. The Kier molecular flexibility index (Phi) is 10.4. The number of benzene rings is 2. The van der Waals surface area contributed by atoms with Gasteiger partial charge in [-0.3, -0.25) is 10.9 Å².